The number of rotatable bonds is 4. The van der Waals surface area contributed by atoms with Crippen LogP contribution in [0.3, 0.4) is 0 Å². The second kappa shape index (κ2) is 6.21. The van der Waals surface area contributed by atoms with E-state index in [2.05, 4.69) is 51.4 Å². The van der Waals surface area contributed by atoms with Gasteiger partial charge in [0.2, 0.25) is 0 Å². The largest absolute Gasteiger partial charge is 0.339 e. The number of pyridine rings is 1. The average Bonchev–Trinajstić information content (AvgIpc) is 2.35. The minimum absolute atomic E-state index is 0.620. The fourth-order valence-corrected chi connectivity index (χ4v) is 2.50. The highest BCUT2D eigenvalue weighted by molar-refractivity contribution is 9.10. The predicted octanol–water partition coefficient (Wildman–Crippen LogP) is 5.19. The second-order valence-electron chi connectivity index (χ2n) is 4.02. The maximum atomic E-state index is 5.88. The van der Waals surface area contributed by atoms with Gasteiger partial charge >= 0.3 is 0 Å². The summed E-state index contributed by atoms with van der Waals surface area (Å²) >= 11 is 9.34. The quantitative estimate of drug-likeness (QED) is 0.836. The number of hydrogen-bond donors (Lipinski definition) is 1. The maximum Gasteiger partial charge on any atom is 0.144 e. The summed E-state index contributed by atoms with van der Waals surface area (Å²) in [6.45, 7) is 2.17. The summed E-state index contributed by atoms with van der Waals surface area (Å²) in [5, 5.41) is 3.96. The number of aromatic nitrogens is 1. The first kappa shape index (κ1) is 13.4. The van der Waals surface area contributed by atoms with Crippen LogP contribution in [0.25, 0.3) is 0 Å². The number of anilines is 2. The van der Waals surface area contributed by atoms with Crippen molar-refractivity contribution in [2.45, 2.75) is 19.8 Å². The van der Waals surface area contributed by atoms with E-state index in [4.69, 9.17) is 11.6 Å². The van der Waals surface area contributed by atoms with Gasteiger partial charge in [0.05, 0.1) is 9.50 Å². The molecule has 1 aromatic carbocycles. The van der Waals surface area contributed by atoms with Gasteiger partial charge in [-0.05, 0) is 40.0 Å². The minimum atomic E-state index is 0.620. The lowest BCUT2D eigenvalue weighted by molar-refractivity contribution is 0.923. The standard InChI is InChI=1S/C14H14BrClN2/c1-2-5-10-6-3-4-7-13(10)18-14-12(15)8-11(16)9-17-14/h3-4,6-9H,2,5H2,1H3,(H,17,18). The van der Waals surface area contributed by atoms with Crippen molar-refractivity contribution in [3.05, 3.63) is 51.6 Å². The van der Waals surface area contributed by atoms with E-state index in [0.29, 0.717) is 5.02 Å². The first-order valence-corrected chi connectivity index (χ1v) is 7.03. The first-order valence-electron chi connectivity index (χ1n) is 5.86. The van der Waals surface area contributed by atoms with Crippen LogP contribution in [-0.2, 0) is 6.42 Å². The van der Waals surface area contributed by atoms with Gasteiger partial charge in [-0.15, -0.1) is 0 Å². The summed E-state index contributed by atoms with van der Waals surface area (Å²) in [5.41, 5.74) is 2.39. The van der Waals surface area contributed by atoms with Crippen molar-refractivity contribution >= 4 is 39.0 Å². The number of aryl methyl sites for hydroxylation is 1. The van der Waals surface area contributed by atoms with E-state index < -0.39 is 0 Å². The van der Waals surface area contributed by atoms with E-state index in [1.807, 2.05) is 12.1 Å². The third kappa shape index (κ3) is 3.24. The van der Waals surface area contributed by atoms with Gasteiger partial charge in [-0.25, -0.2) is 4.98 Å². The second-order valence-corrected chi connectivity index (χ2v) is 5.31. The van der Waals surface area contributed by atoms with Gasteiger partial charge in [0.15, 0.2) is 0 Å². The zero-order chi connectivity index (χ0) is 13.0. The molecule has 1 heterocycles. The molecule has 94 valence electrons. The number of para-hydroxylation sites is 1. The van der Waals surface area contributed by atoms with Gasteiger partial charge in [-0.2, -0.15) is 0 Å². The van der Waals surface area contributed by atoms with Crippen LogP contribution in [-0.4, -0.2) is 4.98 Å². The summed E-state index contributed by atoms with van der Waals surface area (Å²) in [6, 6.07) is 10.1. The Bertz CT molecular complexity index is 543. The van der Waals surface area contributed by atoms with Crippen LogP contribution in [0.15, 0.2) is 41.0 Å². The molecule has 18 heavy (non-hydrogen) atoms. The van der Waals surface area contributed by atoms with Crippen molar-refractivity contribution in [2.75, 3.05) is 5.32 Å². The van der Waals surface area contributed by atoms with Crippen LogP contribution in [0.5, 0.6) is 0 Å². The molecule has 0 fully saturated rings. The van der Waals surface area contributed by atoms with Gasteiger partial charge in [-0.3, -0.25) is 0 Å². The molecule has 0 saturated heterocycles. The predicted molar refractivity (Wildman–Crippen MR) is 80.7 cm³/mol. The summed E-state index contributed by atoms with van der Waals surface area (Å²) in [6.07, 6.45) is 3.80. The third-order valence-corrected chi connectivity index (χ3v) is 3.41. The molecule has 4 heteroatoms. The zero-order valence-electron chi connectivity index (χ0n) is 10.1. The topological polar surface area (TPSA) is 24.9 Å². The number of nitrogens with one attached hydrogen (secondary N) is 1. The van der Waals surface area contributed by atoms with Crippen molar-refractivity contribution in [3.8, 4) is 0 Å². The molecular formula is C14H14BrClN2. The van der Waals surface area contributed by atoms with Crippen molar-refractivity contribution in [1.29, 1.82) is 0 Å². The van der Waals surface area contributed by atoms with E-state index >= 15 is 0 Å². The lowest BCUT2D eigenvalue weighted by Crippen LogP contribution is -1.98. The molecule has 1 aromatic heterocycles. The molecule has 0 aliphatic rings. The molecule has 0 atom stereocenters. The van der Waals surface area contributed by atoms with E-state index in [1.54, 1.807) is 6.20 Å². The highest BCUT2D eigenvalue weighted by atomic mass is 79.9. The molecule has 0 aliphatic carbocycles. The molecule has 2 aromatic rings. The molecule has 2 nitrogen and oxygen atoms in total. The Kier molecular flexibility index (Phi) is 4.61. The lowest BCUT2D eigenvalue weighted by Gasteiger charge is -2.12. The highest BCUT2D eigenvalue weighted by Crippen LogP contribution is 2.28. The Labute approximate surface area is 121 Å². The molecule has 2 rings (SSSR count). The molecule has 1 N–H and O–H groups in total. The Morgan fingerprint density at radius 2 is 2.11 bits per heavy atom. The van der Waals surface area contributed by atoms with Crippen LogP contribution in [0, 0.1) is 0 Å². The van der Waals surface area contributed by atoms with Gasteiger partial charge in [0.25, 0.3) is 0 Å². The first-order chi connectivity index (χ1) is 8.70. The summed E-state index contributed by atoms with van der Waals surface area (Å²) < 4.78 is 0.862. The molecule has 0 radical (unpaired) electrons. The fourth-order valence-electron chi connectivity index (χ4n) is 1.76. The molecule has 0 saturated carbocycles. The van der Waals surface area contributed by atoms with E-state index in [0.717, 1.165) is 28.8 Å². The minimum Gasteiger partial charge on any atom is -0.339 e. The van der Waals surface area contributed by atoms with Crippen LogP contribution in [0.4, 0.5) is 11.5 Å². The normalized spacial score (nSPS) is 10.4. The summed E-state index contributed by atoms with van der Waals surface area (Å²) in [7, 11) is 0. The number of hydrogen-bond acceptors (Lipinski definition) is 2. The maximum absolute atomic E-state index is 5.88. The van der Waals surface area contributed by atoms with E-state index in [1.165, 1.54) is 5.56 Å². The van der Waals surface area contributed by atoms with Crippen LogP contribution >= 0.6 is 27.5 Å². The van der Waals surface area contributed by atoms with E-state index in [-0.39, 0.29) is 0 Å². The van der Waals surface area contributed by atoms with Crippen molar-refractivity contribution < 1.29 is 0 Å². The van der Waals surface area contributed by atoms with Crippen LogP contribution in [0.2, 0.25) is 5.02 Å². The molecule has 0 amide bonds. The molecular weight excluding hydrogens is 312 g/mol. The Hall–Kier alpha value is -1.06. The van der Waals surface area contributed by atoms with E-state index in [9.17, 15) is 0 Å². The van der Waals surface area contributed by atoms with Crippen LogP contribution < -0.4 is 5.32 Å². The van der Waals surface area contributed by atoms with Crippen molar-refractivity contribution in [1.82, 2.24) is 4.98 Å². The number of benzene rings is 1. The van der Waals surface area contributed by atoms with Gasteiger partial charge in [0.1, 0.15) is 5.82 Å². The smallest absolute Gasteiger partial charge is 0.144 e. The molecule has 0 unspecified atom stereocenters. The summed E-state index contributed by atoms with van der Waals surface area (Å²) in [4.78, 5) is 4.28. The fraction of sp³-hybridized carbons (Fsp3) is 0.214. The Morgan fingerprint density at radius 1 is 1.33 bits per heavy atom. The van der Waals surface area contributed by atoms with Crippen molar-refractivity contribution in [3.63, 3.8) is 0 Å². The SMILES string of the molecule is CCCc1ccccc1Nc1ncc(Cl)cc1Br. The third-order valence-electron chi connectivity index (χ3n) is 2.60. The van der Waals surface area contributed by atoms with Crippen LogP contribution in [0.1, 0.15) is 18.9 Å². The van der Waals surface area contributed by atoms with Gasteiger partial charge in [0, 0.05) is 11.9 Å². The molecule has 0 aliphatic heterocycles. The number of halogens is 2. The lowest BCUT2D eigenvalue weighted by atomic mass is 10.1. The monoisotopic (exact) mass is 324 g/mol. The Balaban J connectivity index is 2.28. The zero-order valence-corrected chi connectivity index (χ0v) is 12.4. The number of nitrogens with zero attached hydrogens (tertiary/aromatic N) is 1. The molecule has 0 bridgehead atoms. The van der Waals surface area contributed by atoms with Gasteiger partial charge in [-0.1, -0.05) is 43.1 Å². The van der Waals surface area contributed by atoms with Crippen molar-refractivity contribution in [2.24, 2.45) is 0 Å². The summed E-state index contributed by atoms with van der Waals surface area (Å²) in [5.74, 6) is 0.781. The highest BCUT2D eigenvalue weighted by Gasteiger charge is 2.05. The average molecular weight is 326 g/mol. The Morgan fingerprint density at radius 3 is 2.83 bits per heavy atom. The van der Waals surface area contributed by atoms with Gasteiger partial charge < -0.3 is 5.32 Å². The molecule has 0 spiro atoms.